The predicted molar refractivity (Wildman–Crippen MR) is 109 cm³/mol. The van der Waals surface area contributed by atoms with Gasteiger partial charge in [0.1, 0.15) is 18.8 Å². The number of hydrogen-bond acceptors (Lipinski definition) is 7. The Kier molecular flexibility index (Phi) is 5.84. The fourth-order valence-corrected chi connectivity index (χ4v) is 4.76. The third kappa shape index (κ3) is 4.23. The highest BCUT2D eigenvalue weighted by Gasteiger charge is 2.27. The first-order valence-electron chi connectivity index (χ1n) is 9.83. The van der Waals surface area contributed by atoms with Gasteiger partial charge in [0.15, 0.2) is 11.5 Å². The molecule has 2 amide bonds. The Hall–Kier alpha value is -3.14. The Bertz CT molecular complexity index is 977. The van der Waals surface area contributed by atoms with Crippen LogP contribution in [0.15, 0.2) is 18.2 Å². The second-order valence-corrected chi connectivity index (χ2v) is 8.29. The normalized spacial score (nSPS) is 15.3. The molecule has 2 heterocycles. The summed E-state index contributed by atoms with van der Waals surface area (Å²) < 4.78 is 10.7. The highest BCUT2D eigenvalue weighted by atomic mass is 32.1. The minimum Gasteiger partial charge on any atom is -0.486 e. The number of nitro groups is 1. The predicted octanol–water partition coefficient (Wildman–Crippen LogP) is 3.16. The molecule has 10 heteroatoms. The number of benzene rings is 1. The van der Waals surface area contributed by atoms with E-state index < -0.39 is 22.4 Å². The standard InChI is InChI=1S/C20H21N3O6S/c24-19(13-10-15-16(29-8-7-28-15)11-14(13)23(26)27)21-22-20(25)18-9-12-5-3-1-2-4-6-17(12)30-18/h9-11H,1-8H2,(H,21,24)(H,22,25). The van der Waals surface area contributed by atoms with Gasteiger partial charge in [-0.2, -0.15) is 0 Å². The van der Waals surface area contributed by atoms with Crippen LogP contribution in [0.2, 0.25) is 0 Å². The number of hydrazine groups is 1. The molecule has 0 fully saturated rings. The number of fused-ring (bicyclic) bond motifs is 2. The minimum atomic E-state index is -0.804. The van der Waals surface area contributed by atoms with E-state index in [9.17, 15) is 19.7 Å². The zero-order chi connectivity index (χ0) is 21.1. The van der Waals surface area contributed by atoms with Crippen LogP contribution in [0, 0.1) is 10.1 Å². The maximum absolute atomic E-state index is 12.6. The van der Waals surface area contributed by atoms with Crippen molar-refractivity contribution in [1.82, 2.24) is 10.9 Å². The fourth-order valence-electron chi connectivity index (χ4n) is 3.61. The number of carbonyl (C=O) groups excluding carboxylic acids is 2. The number of rotatable bonds is 3. The average molecular weight is 431 g/mol. The van der Waals surface area contributed by atoms with Crippen molar-refractivity contribution in [3.05, 3.63) is 49.2 Å². The highest BCUT2D eigenvalue weighted by molar-refractivity contribution is 7.14. The largest absolute Gasteiger partial charge is 0.486 e. The van der Waals surface area contributed by atoms with Crippen LogP contribution in [0.5, 0.6) is 11.5 Å². The van der Waals surface area contributed by atoms with E-state index in [4.69, 9.17) is 9.47 Å². The van der Waals surface area contributed by atoms with Gasteiger partial charge >= 0.3 is 0 Å². The van der Waals surface area contributed by atoms with E-state index in [0.29, 0.717) is 4.88 Å². The Balaban J connectivity index is 1.47. The summed E-state index contributed by atoms with van der Waals surface area (Å²) in [6, 6.07) is 4.29. The molecule has 30 heavy (non-hydrogen) atoms. The maximum atomic E-state index is 12.6. The number of carbonyl (C=O) groups is 2. The summed E-state index contributed by atoms with van der Waals surface area (Å²) in [5, 5.41) is 11.4. The summed E-state index contributed by atoms with van der Waals surface area (Å²) in [5.41, 5.74) is 5.18. The van der Waals surface area contributed by atoms with Crippen molar-refractivity contribution in [1.29, 1.82) is 0 Å². The highest BCUT2D eigenvalue weighted by Crippen LogP contribution is 2.36. The van der Waals surface area contributed by atoms with Gasteiger partial charge < -0.3 is 9.47 Å². The van der Waals surface area contributed by atoms with Crippen LogP contribution in [-0.4, -0.2) is 30.0 Å². The van der Waals surface area contributed by atoms with Crippen molar-refractivity contribution < 1.29 is 24.0 Å². The van der Waals surface area contributed by atoms with Gasteiger partial charge in [0.2, 0.25) is 0 Å². The van der Waals surface area contributed by atoms with E-state index in [2.05, 4.69) is 10.9 Å². The molecule has 0 spiro atoms. The van der Waals surface area contributed by atoms with Gasteiger partial charge in [0.25, 0.3) is 17.5 Å². The summed E-state index contributed by atoms with van der Waals surface area (Å²) in [5.74, 6) is -0.784. The molecule has 2 aromatic rings. The first-order chi connectivity index (χ1) is 14.5. The summed E-state index contributed by atoms with van der Waals surface area (Å²) in [7, 11) is 0. The van der Waals surface area contributed by atoms with E-state index in [0.717, 1.165) is 31.7 Å². The van der Waals surface area contributed by atoms with E-state index in [1.54, 1.807) is 0 Å². The number of nitrogens with zero attached hydrogens (tertiary/aromatic N) is 1. The molecule has 158 valence electrons. The lowest BCUT2D eigenvalue weighted by Crippen LogP contribution is -2.41. The monoisotopic (exact) mass is 431 g/mol. The van der Waals surface area contributed by atoms with Crippen LogP contribution in [0.4, 0.5) is 5.69 Å². The van der Waals surface area contributed by atoms with Crippen molar-refractivity contribution in [3.63, 3.8) is 0 Å². The first-order valence-corrected chi connectivity index (χ1v) is 10.6. The van der Waals surface area contributed by atoms with Gasteiger partial charge in [-0.25, -0.2) is 0 Å². The molecule has 1 aliphatic carbocycles. The quantitative estimate of drug-likeness (QED) is 0.569. The maximum Gasteiger partial charge on any atom is 0.286 e. The Morgan fingerprint density at radius 1 is 0.933 bits per heavy atom. The van der Waals surface area contributed by atoms with Crippen LogP contribution >= 0.6 is 11.3 Å². The molecule has 4 rings (SSSR count). The molecule has 0 radical (unpaired) electrons. The molecule has 0 bridgehead atoms. The van der Waals surface area contributed by atoms with Crippen LogP contribution in [0.3, 0.4) is 0 Å². The average Bonchev–Trinajstić information content (AvgIpc) is 3.12. The van der Waals surface area contributed by atoms with E-state index in [1.807, 2.05) is 6.07 Å². The Morgan fingerprint density at radius 2 is 1.60 bits per heavy atom. The zero-order valence-electron chi connectivity index (χ0n) is 16.2. The van der Waals surface area contributed by atoms with Gasteiger partial charge in [-0.1, -0.05) is 12.8 Å². The summed E-state index contributed by atoms with van der Waals surface area (Å²) >= 11 is 1.43. The second-order valence-electron chi connectivity index (χ2n) is 7.15. The lowest BCUT2D eigenvalue weighted by molar-refractivity contribution is -0.385. The Labute approximate surface area is 176 Å². The van der Waals surface area contributed by atoms with Crippen LogP contribution in [0.25, 0.3) is 0 Å². The van der Waals surface area contributed by atoms with Gasteiger partial charge in [-0.15, -0.1) is 11.3 Å². The van der Waals surface area contributed by atoms with Gasteiger partial charge in [0.05, 0.1) is 15.9 Å². The number of nitro benzene ring substituents is 1. The van der Waals surface area contributed by atoms with E-state index >= 15 is 0 Å². The molecule has 0 saturated heterocycles. The van der Waals surface area contributed by atoms with Crippen LogP contribution in [0.1, 0.15) is 56.2 Å². The summed E-state index contributed by atoms with van der Waals surface area (Å²) in [4.78, 5) is 37.5. The van der Waals surface area contributed by atoms with Gasteiger partial charge in [0, 0.05) is 10.9 Å². The minimum absolute atomic E-state index is 0.213. The molecule has 1 aromatic carbocycles. The van der Waals surface area contributed by atoms with E-state index in [-0.39, 0.29) is 30.3 Å². The fraction of sp³-hybridized carbons (Fsp3) is 0.400. The Morgan fingerprint density at radius 3 is 2.33 bits per heavy atom. The van der Waals surface area contributed by atoms with Crippen molar-refractivity contribution >= 4 is 28.8 Å². The third-order valence-corrected chi connectivity index (χ3v) is 6.35. The molecule has 0 saturated carbocycles. The zero-order valence-corrected chi connectivity index (χ0v) is 17.0. The smallest absolute Gasteiger partial charge is 0.286 e. The third-order valence-electron chi connectivity index (χ3n) is 5.11. The number of aryl methyl sites for hydroxylation is 2. The first kappa shape index (κ1) is 20.1. The second kappa shape index (κ2) is 8.70. The SMILES string of the molecule is O=C(NNC(=O)c1cc2c(cc1[N+](=O)[O-])OCCO2)c1cc2c(s1)CCCCCC2. The van der Waals surface area contributed by atoms with Crippen molar-refractivity contribution in [2.24, 2.45) is 0 Å². The molecular weight excluding hydrogens is 410 g/mol. The molecule has 0 unspecified atom stereocenters. The molecule has 0 atom stereocenters. The van der Waals surface area contributed by atoms with E-state index in [1.165, 1.54) is 40.7 Å². The van der Waals surface area contributed by atoms with Crippen molar-refractivity contribution in [2.75, 3.05) is 13.2 Å². The van der Waals surface area contributed by atoms with Crippen LogP contribution in [-0.2, 0) is 12.8 Å². The van der Waals surface area contributed by atoms with Crippen LogP contribution < -0.4 is 20.3 Å². The number of ether oxygens (including phenoxy) is 2. The van der Waals surface area contributed by atoms with Crippen molar-refractivity contribution in [3.8, 4) is 11.5 Å². The molecule has 9 nitrogen and oxygen atoms in total. The summed E-state index contributed by atoms with van der Waals surface area (Å²) in [6.45, 7) is 0.558. The number of thiophene rings is 1. The molecular formula is C20H21N3O6S. The molecule has 2 aliphatic rings. The van der Waals surface area contributed by atoms with Gasteiger partial charge in [-0.05, 0) is 37.3 Å². The number of hydrogen-bond donors (Lipinski definition) is 2. The molecule has 1 aromatic heterocycles. The topological polar surface area (TPSA) is 120 Å². The lowest BCUT2D eigenvalue weighted by Gasteiger charge is -2.18. The van der Waals surface area contributed by atoms with Gasteiger partial charge in [-0.3, -0.25) is 30.6 Å². The molecule has 2 N–H and O–H groups in total. The van der Waals surface area contributed by atoms with Crippen molar-refractivity contribution in [2.45, 2.75) is 38.5 Å². The lowest BCUT2D eigenvalue weighted by atomic mass is 10.00. The molecule has 1 aliphatic heterocycles. The number of nitrogens with one attached hydrogen (secondary N) is 2. The summed E-state index contributed by atoms with van der Waals surface area (Å²) in [6.07, 6.45) is 6.52. The number of amides is 2.